The van der Waals surface area contributed by atoms with Crippen LogP contribution in [0, 0.1) is 12.7 Å². The van der Waals surface area contributed by atoms with Crippen molar-refractivity contribution in [2.75, 3.05) is 12.4 Å². The number of benzene rings is 1. The van der Waals surface area contributed by atoms with Crippen LogP contribution in [0.15, 0.2) is 29.6 Å². The number of carbonyl (C=O) groups is 1. The molecule has 1 unspecified atom stereocenters. The first-order chi connectivity index (χ1) is 9.52. The molecule has 0 spiro atoms. The second kappa shape index (κ2) is 6.05. The van der Waals surface area contributed by atoms with E-state index in [9.17, 15) is 9.18 Å². The van der Waals surface area contributed by atoms with Gasteiger partial charge in [0.1, 0.15) is 5.82 Å². The summed E-state index contributed by atoms with van der Waals surface area (Å²) in [6.07, 6.45) is 0. The van der Waals surface area contributed by atoms with Crippen molar-refractivity contribution in [2.24, 2.45) is 0 Å². The molecule has 1 aromatic heterocycles. The largest absolute Gasteiger partial charge is 0.465 e. The number of rotatable bonds is 4. The lowest BCUT2D eigenvalue weighted by molar-refractivity contribution is 0.0601. The Morgan fingerprint density at radius 2 is 2.15 bits per heavy atom. The zero-order chi connectivity index (χ0) is 14.7. The Labute approximate surface area is 121 Å². The first-order valence-electron chi connectivity index (χ1n) is 6.21. The van der Waals surface area contributed by atoms with E-state index in [1.165, 1.54) is 30.9 Å². The number of esters is 1. The first kappa shape index (κ1) is 14.5. The van der Waals surface area contributed by atoms with E-state index in [-0.39, 0.29) is 6.04 Å². The Bertz CT molecular complexity index is 624. The molecule has 1 aromatic carbocycles. The molecular weight excluding hydrogens is 277 g/mol. The molecule has 0 saturated heterocycles. The molecule has 0 fully saturated rings. The Hall–Kier alpha value is -1.88. The average Bonchev–Trinajstić information content (AvgIpc) is 2.84. The summed E-state index contributed by atoms with van der Waals surface area (Å²) < 4.78 is 18.1. The number of nitrogens with one attached hydrogen (secondary N) is 1. The minimum atomic E-state index is -0.484. The van der Waals surface area contributed by atoms with Crippen LogP contribution in [-0.2, 0) is 4.74 Å². The summed E-state index contributed by atoms with van der Waals surface area (Å²) in [5.41, 5.74) is 1.94. The summed E-state index contributed by atoms with van der Waals surface area (Å²) in [4.78, 5) is 12.9. The highest BCUT2D eigenvalue weighted by atomic mass is 32.1. The van der Waals surface area contributed by atoms with Gasteiger partial charge in [-0.3, -0.25) is 0 Å². The highest BCUT2D eigenvalue weighted by Crippen LogP contribution is 2.28. The fraction of sp³-hybridized carbons (Fsp3) is 0.267. The molecule has 1 heterocycles. The minimum Gasteiger partial charge on any atom is -0.465 e. The standard InChI is InChI=1S/C15H16FNO2S/c1-9-6-7-20-14(9)10(2)17-13-8-11(16)4-5-12(13)15(18)19-3/h4-8,10,17H,1-3H3. The number of halogens is 1. The van der Waals surface area contributed by atoms with Crippen LogP contribution >= 0.6 is 11.3 Å². The van der Waals surface area contributed by atoms with Crippen LogP contribution < -0.4 is 5.32 Å². The molecule has 0 aliphatic heterocycles. The fourth-order valence-electron chi connectivity index (χ4n) is 2.05. The van der Waals surface area contributed by atoms with Crippen LogP contribution in [0.2, 0.25) is 0 Å². The summed E-state index contributed by atoms with van der Waals surface area (Å²) in [5, 5.41) is 5.19. The van der Waals surface area contributed by atoms with Gasteiger partial charge in [-0.1, -0.05) is 0 Å². The van der Waals surface area contributed by atoms with Crippen molar-refractivity contribution >= 4 is 23.0 Å². The van der Waals surface area contributed by atoms with Gasteiger partial charge in [0.2, 0.25) is 0 Å². The average molecular weight is 293 g/mol. The third-order valence-electron chi connectivity index (χ3n) is 3.05. The van der Waals surface area contributed by atoms with Gasteiger partial charge >= 0.3 is 5.97 Å². The van der Waals surface area contributed by atoms with Gasteiger partial charge < -0.3 is 10.1 Å². The van der Waals surface area contributed by atoms with Crippen LogP contribution in [0.3, 0.4) is 0 Å². The number of ether oxygens (including phenoxy) is 1. The van der Waals surface area contributed by atoms with Gasteiger partial charge in [0.25, 0.3) is 0 Å². The molecule has 3 nitrogen and oxygen atoms in total. The molecule has 20 heavy (non-hydrogen) atoms. The van der Waals surface area contributed by atoms with Gasteiger partial charge in [-0.25, -0.2) is 9.18 Å². The molecule has 0 bridgehead atoms. The van der Waals surface area contributed by atoms with Crippen molar-refractivity contribution in [1.29, 1.82) is 0 Å². The third kappa shape index (κ3) is 2.99. The maximum Gasteiger partial charge on any atom is 0.339 e. The summed E-state index contributed by atoms with van der Waals surface area (Å²) in [6.45, 7) is 4.00. The van der Waals surface area contributed by atoms with E-state index in [1.54, 1.807) is 11.3 Å². The van der Waals surface area contributed by atoms with E-state index in [1.807, 2.05) is 25.3 Å². The molecule has 0 amide bonds. The zero-order valence-electron chi connectivity index (χ0n) is 11.6. The van der Waals surface area contributed by atoms with Crippen LogP contribution in [0.25, 0.3) is 0 Å². The summed E-state index contributed by atoms with van der Waals surface area (Å²) in [5.74, 6) is -0.877. The maximum atomic E-state index is 13.4. The normalized spacial score (nSPS) is 12.0. The summed E-state index contributed by atoms with van der Waals surface area (Å²) in [7, 11) is 1.31. The monoisotopic (exact) mass is 293 g/mol. The molecule has 2 aromatic rings. The Kier molecular flexibility index (Phi) is 4.39. The van der Waals surface area contributed by atoms with E-state index >= 15 is 0 Å². The molecule has 2 rings (SSSR count). The van der Waals surface area contributed by atoms with Crippen molar-refractivity contribution in [2.45, 2.75) is 19.9 Å². The Morgan fingerprint density at radius 1 is 1.40 bits per heavy atom. The number of thiophene rings is 1. The van der Waals surface area contributed by atoms with E-state index < -0.39 is 11.8 Å². The number of methoxy groups -OCH3 is 1. The van der Waals surface area contributed by atoms with Crippen LogP contribution in [-0.4, -0.2) is 13.1 Å². The lowest BCUT2D eigenvalue weighted by atomic mass is 10.1. The molecular formula is C15H16FNO2S. The lowest BCUT2D eigenvalue weighted by Gasteiger charge is -2.17. The molecule has 0 saturated carbocycles. The zero-order valence-corrected chi connectivity index (χ0v) is 12.4. The van der Waals surface area contributed by atoms with Crippen LogP contribution in [0.1, 0.15) is 33.8 Å². The fourth-order valence-corrected chi connectivity index (χ4v) is 2.99. The van der Waals surface area contributed by atoms with Crippen LogP contribution in [0.5, 0.6) is 0 Å². The smallest absolute Gasteiger partial charge is 0.339 e. The summed E-state index contributed by atoms with van der Waals surface area (Å²) >= 11 is 1.63. The Morgan fingerprint density at radius 3 is 2.75 bits per heavy atom. The van der Waals surface area contributed by atoms with Gasteiger partial charge in [0.15, 0.2) is 0 Å². The second-order valence-corrected chi connectivity index (χ2v) is 5.46. The molecule has 0 aliphatic rings. The van der Waals surface area contributed by atoms with Gasteiger partial charge in [0.05, 0.1) is 24.4 Å². The van der Waals surface area contributed by atoms with E-state index in [4.69, 9.17) is 4.74 Å². The molecule has 1 N–H and O–H groups in total. The highest BCUT2D eigenvalue weighted by Gasteiger charge is 2.16. The third-order valence-corrected chi connectivity index (χ3v) is 4.26. The Balaban J connectivity index is 2.30. The lowest BCUT2D eigenvalue weighted by Crippen LogP contribution is -2.12. The van der Waals surface area contributed by atoms with E-state index in [0.29, 0.717) is 11.3 Å². The van der Waals surface area contributed by atoms with Gasteiger partial charge in [-0.15, -0.1) is 11.3 Å². The molecule has 0 radical (unpaired) electrons. The predicted molar refractivity (Wildman–Crippen MR) is 78.8 cm³/mol. The number of anilines is 1. The predicted octanol–water partition coefficient (Wildman–Crippen LogP) is 4.16. The van der Waals surface area contributed by atoms with Crippen LogP contribution in [0.4, 0.5) is 10.1 Å². The topological polar surface area (TPSA) is 38.3 Å². The molecule has 0 aliphatic carbocycles. The minimum absolute atomic E-state index is 0.0137. The quantitative estimate of drug-likeness (QED) is 0.860. The van der Waals surface area contributed by atoms with Crippen molar-refractivity contribution in [3.8, 4) is 0 Å². The van der Waals surface area contributed by atoms with Crippen molar-refractivity contribution < 1.29 is 13.9 Å². The number of carbonyl (C=O) groups excluding carboxylic acids is 1. The van der Waals surface area contributed by atoms with Gasteiger partial charge in [0, 0.05) is 4.88 Å². The van der Waals surface area contributed by atoms with Gasteiger partial charge in [-0.2, -0.15) is 0 Å². The summed E-state index contributed by atoms with van der Waals surface area (Å²) in [6, 6.07) is 6.01. The number of hydrogen-bond acceptors (Lipinski definition) is 4. The number of aryl methyl sites for hydroxylation is 1. The van der Waals surface area contributed by atoms with Gasteiger partial charge in [-0.05, 0) is 49.1 Å². The SMILES string of the molecule is COC(=O)c1ccc(F)cc1NC(C)c1sccc1C. The molecule has 1 atom stereocenters. The van der Waals surface area contributed by atoms with Crippen molar-refractivity contribution in [1.82, 2.24) is 0 Å². The van der Waals surface area contributed by atoms with Crippen molar-refractivity contribution in [3.05, 3.63) is 51.5 Å². The molecule has 106 valence electrons. The van der Waals surface area contributed by atoms with E-state index in [0.717, 1.165) is 4.88 Å². The molecule has 5 heteroatoms. The second-order valence-electron chi connectivity index (χ2n) is 4.52. The maximum absolute atomic E-state index is 13.4. The van der Waals surface area contributed by atoms with Crippen molar-refractivity contribution in [3.63, 3.8) is 0 Å². The van der Waals surface area contributed by atoms with E-state index in [2.05, 4.69) is 5.32 Å². The number of hydrogen-bond donors (Lipinski definition) is 1. The highest BCUT2D eigenvalue weighted by molar-refractivity contribution is 7.10. The first-order valence-corrected chi connectivity index (χ1v) is 7.09.